The van der Waals surface area contributed by atoms with Gasteiger partial charge in [0.05, 0.1) is 30.9 Å². The molecule has 2 aromatic rings. The van der Waals surface area contributed by atoms with Crippen LogP contribution in [0.2, 0.25) is 0 Å². The fourth-order valence-corrected chi connectivity index (χ4v) is 8.52. The molecule has 0 amide bonds. The predicted octanol–water partition coefficient (Wildman–Crippen LogP) is -4.25. The van der Waals surface area contributed by atoms with E-state index in [1.165, 1.54) is 0 Å². The summed E-state index contributed by atoms with van der Waals surface area (Å²) < 4.78 is 116. The molecule has 19 heteroatoms. The maximum atomic E-state index is 12.4. The van der Waals surface area contributed by atoms with Crippen LogP contribution in [0.4, 0.5) is 0 Å². The zero-order chi connectivity index (χ0) is 23.8. The zero-order valence-corrected chi connectivity index (χ0v) is 22.2. The van der Waals surface area contributed by atoms with E-state index >= 15 is 0 Å². The Morgan fingerprint density at radius 3 is 2.21 bits per heavy atom. The summed E-state index contributed by atoms with van der Waals surface area (Å²) in [5, 5.41) is 0. The van der Waals surface area contributed by atoms with Crippen molar-refractivity contribution < 1.29 is 80.3 Å². The van der Waals surface area contributed by atoms with Crippen LogP contribution < -0.4 is 29.6 Å². The Bertz CT molecular complexity index is 1350. The minimum atomic E-state index is -5.47. The maximum Gasteiger partial charge on any atom is 1.00 e. The molecule has 0 aliphatic carbocycles. The first-order chi connectivity index (χ1) is 14.7. The molecule has 1 aliphatic heterocycles. The van der Waals surface area contributed by atoms with Gasteiger partial charge in [0, 0.05) is 12.8 Å². The second kappa shape index (κ2) is 10.5. The summed E-state index contributed by atoms with van der Waals surface area (Å²) in [6.07, 6.45) is -1.84. The summed E-state index contributed by atoms with van der Waals surface area (Å²) in [5.41, 5.74) is 0.860. The smallest absolute Gasteiger partial charge is 0.747 e. The van der Waals surface area contributed by atoms with Gasteiger partial charge in [0.15, 0.2) is 4.58 Å². The van der Waals surface area contributed by atoms with E-state index in [9.17, 15) is 38.2 Å². The zero-order valence-electron chi connectivity index (χ0n) is 17.0. The van der Waals surface area contributed by atoms with Crippen LogP contribution in [-0.2, 0) is 59.4 Å². The number of rotatable bonds is 8. The van der Waals surface area contributed by atoms with Gasteiger partial charge in [-0.25, -0.2) is 13.4 Å². The summed E-state index contributed by atoms with van der Waals surface area (Å²) >= 11 is 0. The number of aromatic nitrogens is 2. The first kappa shape index (κ1) is 28.6. The van der Waals surface area contributed by atoms with Crippen LogP contribution in [0.15, 0.2) is 24.3 Å². The van der Waals surface area contributed by atoms with E-state index in [0.717, 1.165) is 0 Å². The molecule has 33 heavy (non-hydrogen) atoms. The van der Waals surface area contributed by atoms with E-state index in [1.54, 1.807) is 24.3 Å². The monoisotopic (exact) mass is 556 g/mol. The molecular formula is C14H17N2NaO12S4. The molecule has 1 aromatic carbocycles. The molecule has 1 aromatic heterocycles. The number of H-pyrrole nitrogens is 1. The van der Waals surface area contributed by atoms with Crippen molar-refractivity contribution >= 4 is 51.5 Å². The van der Waals surface area contributed by atoms with Crippen molar-refractivity contribution in [3.05, 3.63) is 30.1 Å². The number of aromatic amines is 1. The molecule has 1 atom stereocenters. The second-order valence-corrected chi connectivity index (χ2v) is 14.0. The van der Waals surface area contributed by atoms with E-state index in [1.807, 2.05) is 0 Å². The van der Waals surface area contributed by atoms with Crippen LogP contribution in [0.25, 0.3) is 11.0 Å². The van der Waals surface area contributed by atoms with Crippen molar-refractivity contribution in [1.82, 2.24) is 9.97 Å². The number of hydrogen-bond donors (Lipinski definition) is 1. The van der Waals surface area contributed by atoms with Gasteiger partial charge in [-0.05, 0) is 12.1 Å². The molecule has 3 rings (SSSR count). The van der Waals surface area contributed by atoms with Gasteiger partial charge in [-0.3, -0.25) is 12.5 Å². The first-order valence-electron chi connectivity index (χ1n) is 8.75. The Labute approximate surface area is 212 Å². The van der Waals surface area contributed by atoms with Gasteiger partial charge < -0.3 is 9.54 Å². The van der Waals surface area contributed by atoms with E-state index in [0.29, 0.717) is 11.0 Å². The third-order valence-electron chi connectivity index (χ3n) is 4.27. The average Bonchev–Trinajstić information content (AvgIpc) is 3.04. The number of nitrogens with zero attached hydrogens (tertiary/aromatic N) is 1. The summed E-state index contributed by atoms with van der Waals surface area (Å²) in [7, 11) is -20.0. The molecule has 0 saturated carbocycles. The summed E-state index contributed by atoms with van der Waals surface area (Å²) in [4.78, 5) is 6.69. The molecule has 1 N–H and O–H groups in total. The number of hydrogen-bond acceptors (Lipinski definition) is 13. The Kier molecular flexibility index (Phi) is 9.11. The Morgan fingerprint density at radius 1 is 1.09 bits per heavy atom. The third kappa shape index (κ3) is 6.94. The quantitative estimate of drug-likeness (QED) is 0.185. The first-order valence-corrected chi connectivity index (χ1v) is 14.6. The summed E-state index contributed by atoms with van der Waals surface area (Å²) in [6.45, 7) is -2.21. The van der Waals surface area contributed by atoms with E-state index in [4.69, 9.17) is 0 Å². The minimum Gasteiger partial charge on any atom is -0.747 e. The number of benzene rings is 1. The van der Waals surface area contributed by atoms with Crippen molar-refractivity contribution in [2.45, 2.75) is 22.0 Å². The van der Waals surface area contributed by atoms with Crippen LogP contribution in [0.5, 0.6) is 0 Å². The van der Waals surface area contributed by atoms with Gasteiger partial charge in [0.2, 0.25) is 4.58 Å². The van der Waals surface area contributed by atoms with Crippen molar-refractivity contribution in [3.63, 3.8) is 0 Å². The van der Waals surface area contributed by atoms with Crippen molar-refractivity contribution in [3.8, 4) is 0 Å². The van der Waals surface area contributed by atoms with Crippen LogP contribution in [0.3, 0.4) is 0 Å². The normalized spacial score (nSPS) is 20.0. The molecule has 0 bridgehead atoms. The van der Waals surface area contributed by atoms with Gasteiger partial charge in [0.1, 0.15) is 15.9 Å². The molecule has 0 spiro atoms. The molecule has 180 valence electrons. The van der Waals surface area contributed by atoms with Crippen molar-refractivity contribution in [2.24, 2.45) is 0 Å². The fraction of sp³-hybridized carbons (Fsp3) is 0.500. The van der Waals surface area contributed by atoms with Crippen molar-refractivity contribution in [2.75, 3.05) is 19.8 Å². The van der Waals surface area contributed by atoms with Gasteiger partial charge in [-0.1, -0.05) is 12.1 Å². The number of nitrogens with one attached hydrogen (secondary N) is 1. The van der Waals surface area contributed by atoms with E-state index in [2.05, 4.69) is 22.5 Å². The number of para-hydroxylation sites is 2. The molecule has 14 nitrogen and oxygen atoms in total. The van der Waals surface area contributed by atoms with Gasteiger partial charge in [-0.2, -0.15) is 25.3 Å². The Balaban J connectivity index is 0.00000385. The molecule has 1 fully saturated rings. The van der Waals surface area contributed by atoms with Crippen molar-refractivity contribution in [1.29, 1.82) is 0 Å². The molecule has 2 heterocycles. The van der Waals surface area contributed by atoms with Gasteiger partial charge >= 0.3 is 29.6 Å². The summed E-state index contributed by atoms with van der Waals surface area (Å²) in [5.74, 6) is -0.126. The third-order valence-corrected chi connectivity index (χ3v) is 12.0. The van der Waals surface area contributed by atoms with Crippen LogP contribution in [0.1, 0.15) is 12.2 Å². The van der Waals surface area contributed by atoms with Crippen LogP contribution >= 0.6 is 0 Å². The van der Waals surface area contributed by atoms with E-state index < -0.39 is 82.3 Å². The topological polar surface area (TPSA) is 216 Å². The Hall–Kier alpha value is -0.670. The SMILES string of the molecule is O=S(=O)([O-])C(Cc1nc2ccccc2[nH]1)S(=O)(=O)OCCC1S(=O)(=O)OCCOS1(=O)=O.[Na+]. The molecular weight excluding hydrogens is 539 g/mol. The number of fused-ring (bicyclic) bond motifs is 1. The largest absolute Gasteiger partial charge is 1.00 e. The summed E-state index contributed by atoms with van der Waals surface area (Å²) in [6, 6.07) is 6.45. The molecule has 1 saturated heterocycles. The number of imidazole rings is 1. The van der Waals surface area contributed by atoms with Gasteiger partial charge in [-0.15, -0.1) is 0 Å². The maximum absolute atomic E-state index is 12.4. The Morgan fingerprint density at radius 2 is 1.67 bits per heavy atom. The molecule has 1 aliphatic rings. The van der Waals surface area contributed by atoms with E-state index in [-0.39, 0.29) is 35.4 Å². The predicted molar refractivity (Wildman–Crippen MR) is 106 cm³/mol. The molecule has 0 radical (unpaired) electrons. The standard InChI is InChI=1S/C14H18N2O12S4.Na/c17-29(18,19)14(9-12-15-10-3-1-2-4-11(10)16-12)32(24,25)26-6-5-13-30(20,21)27-7-8-28-31(13,22)23;/h1-4,13-14H,5-9H2,(H,15,16)(H,17,18,19);/q;+1/p-1. The second-order valence-electron chi connectivity index (χ2n) is 6.49. The van der Waals surface area contributed by atoms with Gasteiger partial charge in [0.25, 0.3) is 30.4 Å². The minimum absolute atomic E-state index is 0. The van der Waals surface area contributed by atoms with Crippen LogP contribution in [-0.4, -0.2) is 77.2 Å². The molecule has 1 unspecified atom stereocenters. The fourth-order valence-electron chi connectivity index (χ4n) is 2.83. The average molecular weight is 557 g/mol. The van der Waals surface area contributed by atoms with Crippen LogP contribution in [0, 0.1) is 0 Å².